The van der Waals surface area contributed by atoms with Crippen molar-refractivity contribution in [3.05, 3.63) is 28.3 Å². The summed E-state index contributed by atoms with van der Waals surface area (Å²) in [4.78, 5) is 8.85. The van der Waals surface area contributed by atoms with Crippen LogP contribution in [0.15, 0.2) is 23.1 Å². The van der Waals surface area contributed by atoms with Gasteiger partial charge >= 0.3 is 29.6 Å². The van der Waals surface area contributed by atoms with Crippen LogP contribution in [-0.2, 0) is 10.1 Å². The van der Waals surface area contributed by atoms with Gasteiger partial charge in [-0.1, -0.05) is 0 Å². The van der Waals surface area contributed by atoms with E-state index in [1.807, 2.05) is 0 Å². The summed E-state index contributed by atoms with van der Waals surface area (Å²) in [5.74, 6) is 0. The standard InChI is InChI=1S/C6H6N2O5S.Na/c7-5-3-4(8(9)10)1-2-6(5)14(11,12)13;/h1-3H,7H2,(H,11,12,13);/q;+1/p-1. The fourth-order valence-corrected chi connectivity index (χ4v) is 1.46. The predicted octanol–water partition coefficient (Wildman–Crippen LogP) is -2.91. The monoisotopic (exact) mass is 240 g/mol. The van der Waals surface area contributed by atoms with Crippen molar-refractivity contribution in [1.82, 2.24) is 0 Å². The Morgan fingerprint density at radius 1 is 1.33 bits per heavy atom. The molecule has 0 saturated carbocycles. The smallest absolute Gasteiger partial charge is 0.744 e. The van der Waals surface area contributed by atoms with Crippen LogP contribution < -0.4 is 35.3 Å². The van der Waals surface area contributed by atoms with E-state index in [1.165, 1.54) is 0 Å². The maximum absolute atomic E-state index is 10.5. The van der Waals surface area contributed by atoms with Gasteiger partial charge in [0, 0.05) is 12.1 Å². The molecule has 0 spiro atoms. The Bertz CT molecular complexity index is 486. The van der Waals surface area contributed by atoms with Crippen molar-refractivity contribution < 1.29 is 47.5 Å². The third-order valence-corrected chi connectivity index (χ3v) is 2.38. The summed E-state index contributed by atoms with van der Waals surface area (Å²) >= 11 is 0. The minimum Gasteiger partial charge on any atom is -0.744 e. The van der Waals surface area contributed by atoms with Gasteiger partial charge < -0.3 is 10.3 Å². The minimum absolute atomic E-state index is 0. The molecule has 0 aliphatic rings. The zero-order chi connectivity index (χ0) is 10.9. The first-order valence-corrected chi connectivity index (χ1v) is 4.73. The van der Waals surface area contributed by atoms with Crippen LogP contribution in [0.4, 0.5) is 11.4 Å². The zero-order valence-electron chi connectivity index (χ0n) is 7.71. The average Bonchev–Trinajstić information content (AvgIpc) is 2.01. The Morgan fingerprint density at radius 3 is 2.20 bits per heavy atom. The van der Waals surface area contributed by atoms with Crippen molar-refractivity contribution in [3.8, 4) is 0 Å². The first-order valence-electron chi connectivity index (χ1n) is 3.32. The molecule has 9 heteroatoms. The van der Waals surface area contributed by atoms with Gasteiger partial charge in [0.1, 0.15) is 10.1 Å². The Hall–Kier alpha value is -0.670. The molecule has 1 rings (SSSR count). The average molecular weight is 240 g/mol. The van der Waals surface area contributed by atoms with Crippen LogP contribution in [-0.4, -0.2) is 17.9 Å². The molecule has 0 fully saturated rings. The van der Waals surface area contributed by atoms with Gasteiger partial charge in [-0.25, -0.2) is 8.42 Å². The number of nitro groups is 1. The number of nitro benzene ring substituents is 1. The van der Waals surface area contributed by atoms with Crippen molar-refractivity contribution in [3.63, 3.8) is 0 Å². The third-order valence-electron chi connectivity index (χ3n) is 1.47. The Kier molecular flexibility index (Phi) is 4.68. The number of nitrogens with two attached hydrogens (primary N) is 1. The van der Waals surface area contributed by atoms with Crippen LogP contribution in [0.25, 0.3) is 0 Å². The molecule has 0 aliphatic heterocycles. The molecule has 76 valence electrons. The number of anilines is 1. The Balaban J connectivity index is 0.00000196. The van der Waals surface area contributed by atoms with Gasteiger partial charge in [-0.3, -0.25) is 10.1 Å². The quantitative estimate of drug-likeness (QED) is 0.194. The van der Waals surface area contributed by atoms with E-state index in [0.29, 0.717) is 0 Å². The van der Waals surface area contributed by atoms with E-state index in [2.05, 4.69) is 0 Å². The molecule has 0 aromatic heterocycles. The molecule has 0 bridgehead atoms. The molecule has 0 unspecified atom stereocenters. The van der Waals surface area contributed by atoms with Crippen LogP contribution in [0.5, 0.6) is 0 Å². The molecule has 0 heterocycles. The summed E-state index contributed by atoms with van der Waals surface area (Å²) in [6.07, 6.45) is 0. The van der Waals surface area contributed by atoms with Crippen molar-refractivity contribution in [1.29, 1.82) is 0 Å². The van der Waals surface area contributed by atoms with Crippen molar-refractivity contribution in [2.75, 3.05) is 5.73 Å². The number of hydrogen-bond acceptors (Lipinski definition) is 6. The molecule has 0 aliphatic carbocycles. The number of benzene rings is 1. The molecule has 15 heavy (non-hydrogen) atoms. The Morgan fingerprint density at radius 2 is 1.87 bits per heavy atom. The van der Waals surface area contributed by atoms with Gasteiger partial charge in [0.05, 0.1) is 15.5 Å². The second-order valence-electron chi connectivity index (χ2n) is 2.43. The van der Waals surface area contributed by atoms with Gasteiger partial charge in [0.2, 0.25) is 0 Å². The minimum atomic E-state index is -4.67. The van der Waals surface area contributed by atoms with Gasteiger partial charge in [-0.05, 0) is 6.07 Å². The van der Waals surface area contributed by atoms with E-state index >= 15 is 0 Å². The third kappa shape index (κ3) is 3.43. The number of hydrogen-bond donors (Lipinski definition) is 1. The molecule has 1 aromatic carbocycles. The van der Waals surface area contributed by atoms with Crippen LogP contribution in [0, 0.1) is 10.1 Å². The number of non-ortho nitro benzene ring substituents is 1. The zero-order valence-corrected chi connectivity index (χ0v) is 10.5. The topological polar surface area (TPSA) is 126 Å². The fourth-order valence-electron chi connectivity index (χ4n) is 0.877. The van der Waals surface area contributed by atoms with E-state index in [-0.39, 0.29) is 35.2 Å². The van der Waals surface area contributed by atoms with Crippen LogP contribution in [0.2, 0.25) is 0 Å². The van der Waals surface area contributed by atoms with E-state index < -0.39 is 25.6 Å². The van der Waals surface area contributed by atoms with E-state index in [1.54, 1.807) is 0 Å². The first-order chi connectivity index (χ1) is 6.32. The summed E-state index contributed by atoms with van der Waals surface area (Å²) in [7, 11) is -4.67. The van der Waals surface area contributed by atoms with Gasteiger partial charge in [0.15, 0.2) is 0 Å². The number of nitrogen functional groups attached to an aromatic ring is 1. The Labute approximate surface area is 107 Å². The first kappa shape index (κ1) is 14.3. The molecule has 1 aromatic rings. The molecule has 0 amide bonds. The molecule has 7 nitrogen and oxygen atoms in total. The van der Waals surface area contributed by atoms with Gasteiger partial charge in [0.25, 0.3) is 5.69 Å². The fraction of sp³-hybridized carbons (Fsp3) is 0. The van der Waals surface area contributed by atoms with E-state index in [4.69, 9.17) is 5.73 Å². The molecular formula is C6H5N2NaO5S. The molecular weight excluding hydrogens is 235 g/mol. The number of rotatable bonds is 2. The molecule has 0 radical (unpaired) electrons. The molecule has 2 N–H and O–H groups in total. The summed E-state index contributed by atoms with van der Waals surface area (Å²) in [5.41, 5.74) is 4.37. The molecule has 0 atom stereocenters. The summed E-state index contributed by atoms with van der Waals surface area (Å²) in [5, 5.41) is 10.2. The second kappa shape index (κ2) is 4.90. The summed E-state index contributed by atoms with van der Waals surface area (Å²) in [6.45, 7) is 0. The second-order valence-corrected chi connectivity index (χ2v) is 3.78. The normalized spacial score (nSPS) is 10.5. The largest absolute Gasteiger partial charge is 1.00 e. The van der Waals surface area contributed by atoms with Gasteiger partial charge in [-0.15, -0.1) is 0 Å². The van der Waals surface area contributed by atoms with Gasteiger partial charge in [-0.2, -0.15) is 0 Å². The summed E-state index contributed by atoms with van der Waals surface area (Å²) < 4.78 is 31.6. The summed E-state index contributed by atoms with van der Waals surface area (Å²) in [6, 6.07) is 2.54. The van der Waals surface area contributed by atoms with E-state index in [9.17, 15) is 23.1 Å². The SMILES string of the molecule is Nc1cc([N+](=O)[O-])ccc1S(=O)(=O)[O-].[Na+]. The maximum atomic E-state index is 10.5. The van der Waals surface area contributed by atoms with Crippen LogP contribution in [0.1, 0.15) is 0 Å². The molecule has 0 saturated heterocycles. The maximum Gasteiger partial charge on any atom is 1.00 e. The van der Waals surface area contributed by atoms with Crippen molar-refractivity contribution >= 4 is 21.5 Å². The number of nitrogens with zero attached hydrogens (tertiary/aromatic N) is 1. The van der Waals surface area contributed by atoms with Crippen molar-refractivity contribution in [2.45, 2.75) is 4.90 Å². The van der Waals surface area contributed by atoms with E-state index in [0.717, 1.165) is 18.2 Å². The van der Waals surface area contributed by atoms with Crippen molar-refractivity contribution in [2.24, 2.45) is 0 Å². The predicted molar refractivity (Wildman–Crippen MR) is 45.5 cm³/mol. The van der Waals surface area contributed by atoms with Crippen LogP contribution in [0.3, 0.4) is 0 Å². The van der Waals surface area contributed by atoms with Crippen LogP contribution >= 0.6 is 0 Å².